The zero-order valence-corrected chi connectivity index (χ0v) is 13.0. The van der Waals surface area contributed by atoms with Crippen LogP contribution in [0.25, 0.3) is 0 Å². The lowest BCUT2D eigenvalue weighted by molar-refractivity contribution is 0.0917. The molecule has 4 heterocycles. The smallest absolute Gasteiger partial charge is 0.266 e. The molecule has 3 aliphatic heterocycles. The Balaban J connectivity index is 1.47. The zero-order chi connectivity index (χ0) is 14.2. The van der Waals surface area contributed by atoms with E-state index in [-0.39, 0.29) is 0 Å². The topological polar surface area (TPSA) is 45.4 Å². The summed E-state index contributed by atoms with van der Waals surface area (Å²) in [5.74, 6) is 3.31. The molecule has 0 aromatic carbocycles. The molecule has 3 saturated heterocycles. The monoisotopic (exact) mass is 290 g/mol. The fraction of sp³-hybridized carbons (Fsp3) is 0.875. The van der Waals surface area contributed by atoms with Crippen LogP contribution >= 0.6 is 0 Å². The van der Waals surface area contributed by atoms with Gasteiger partial charge in [0, 0.05) is 38.6 Å². The molecule has 2 bridgehead atoms. The van der Waals surface area contributed by atoms with Gasteiger partial charge in [-0.25, -0.2) is 0 Å². The van der Waals surface area contributed by atoms with Gasteiger partial charge in [-0.3, -0.25) is 4.90 Å². The molecular weight excluding hydrogens is 264 g/mol. The van der Waals surface area contributed by atoms with E-state index in [2.05, 4.69) is 26.9 Å². The lowest BCUT2D eigenvalue weighted by Crippen LogP contribution is -2.47. The van der Waals surface area contributed by atoms with E-state index in [1.165, 1.54) is 45.2 Å². The Bertz CT molecular complexity index is 484. The number of hydrogen-bond acceptors (Lipinski definition) is 5. The van der Waals surface area contributed by atoms with Crippen molar-refractivity contribution in [2.24, 2.45) is 11.8 Å². The second kappa shape index (κ2) is 5.59. The number of rotatable bonds is 4. The van der Waals surface area contributed by atoms with Crippen molar-refractivity contribution in [2.45, 2.75) is 51.5 Å². The highest BCUT2D eigenvalue weighted by Gasteiger charge is 2.37. The first kappa shape index (κ1) is 13.6. The normalized spacial score (nSPS) is 30.4. The second-order valence-corrected chi connectivity index (χ2v) is 7.09. The van der Waals surface area contributed by atoms with E-state index >= 15 is 0 Å². The van der Waals surface area contributed by atoms with Crippen LogP contribution in [0.2, 0.25) is 0 Å². The van der Waals surface area contributed by atoms with E-state index in [0.717, 1.165) is 43.2 Å². The quantitative estimate of drug-likeness (QED) is 0.851. The summed E-state index contributed by atoms with van der Waals surface area (Å²) in [5.41, 5.74) is 0. The van der Waals surface area contributed by atoms with E-state index in [1.807, 2.05) is 0 Å². The van der Waals surface area contributed by atoms with Gasteiger partial charge in [0.2, 0.25) is 5.89 Å². The highest BCUT2D eigenvalue weighted by Crippen LogP contribution is 2.33. The first-order chi connectivity index (χ1) is 10.3. The van der Waals surface area contributed by atoms with Gasteiger partial charge in [0.25, 0.3) is 5.95 Å². The Hall–Kier alpha value is -1.10. The Morgan fingerprint density at radius 2 is 2.05 bits per heavy atom. The summed E-state index contributed by atoms with van der Waals surface area (Å²) >= 11 is 0. The van der Waals surface area contributed by atoms with E-state index in [4.69, 9.17) is 4.52 Å². The van der Waals surface area contributed by atoms with E-state index in [0.29, 0.717) is 6.04 Å². The predicted octanol–water partition coefficient (Wildman–Crippen LogP) is 2.33. The standard InChI is InChI=1S/C16H26N4O/c1-2-15-17-16(18-21-15)20-10-13-6-7-14(11-20)19(9-13)8-12-4-3-5-12/h12-14H,2-11H2,1H3/t13-,14-/m0/s1. The van der Waals surface area contributed by atoms with Crippen LogP contribution in [0, 0.1) is 11.8 Å². The molecule has 4 aliphatic rings. The van der Waals surface area contributed by atoms with Gasteiger partial charge in [-0.15, -0.1) is 0 Å². The fourth-order valence-corrected chi connectivity index (χ4v) is 4.09. The Morgan fingerprint density at radius 1 is 1.14 bits per heavy atom. The third-order valence-corrected chi connectivity index (χ3v) is 5.59. The Kier molecular flexibility index (Phi) is 3.61. The van der Waals surface area contributed by atoms with Crippen LogP contribution in [0.1, 0.15) is 44.9 Å². The number of aromatic nitrogens is 2. The minimum atomic E-state index is 0.688. The van der Waals surface area contributed by atoms with Gasteiger partial charge >= 0.3 is 0 Å². The zero-order valence-electron chi connectivity index (χ0n) is 13.0. The van der Waals surface area contributed by atoms with Gasteiger partial charge in [-0.2, -0.15) is 4.98 Å². The van der Waals surface area contributed by atoms with E-state index in [9.17, 15) is 0 Å². The van der Waals surface area contributed by atoms with Crippen LogP contribution in [0.5, 0.6) is 0 Å². The van der Waals surface area contributed by atoms with Gasteiger partial charge in [0.1, 0.15) is 0 Å². The number of fused-ring (bicyclic) bond motifs is 4. The summed E-state index contributed by atoms with van der Waals surface area (Å²) in [6, 6.07) is 0.688. The van der Waals surface area contributed by atoms with Gasteiger partial charge in [0.05, 0.1) is 0 Å². The van der Waals surface area contributed by atoms with Crippen LogP contribution in [-0.4, -0.2) is 47.3 Å². The van der Waals surface area contributed by atoms with Crippen molar-refractivity contribution in [1.82, 2.24) is 15.0 Å². The van der Waals surface area contributed by atoms with Crippen molar-refractivity contribution >= 4 is 5.95 Å². The second-order valence-electron chi connectivity index (χ2n) is 7.09. The maximum Gasteiger partial charge on any atom is 0.266 e. The summed E-state index contributed by atoms with van der Waals surface area (Å²) in [6.45, 7) is 6.83. The molecule has 0 N–H and O–H groups in total. The molecule has 4 fully saturated rings. The van der Waals surface area contributed by atoms with Gasteiger partial charge in [0.15, 0.2) is 0 Å². The minimum Gasteiger partial charge on any atom is -0.337 e. The van der Waals surface area contributed by atoms with Crippen LogP contribution in [0.4, 0.5) is 5.95 Å². The molecule has 5 nitrogen and oxygen atoms in total. The van der Waals surface area contributed by atoms with E-state index in [1.54, 1.807) is 0 Å². The summed E-state index contributed by atoms with van der Waals surface area (Å²) in [7, 11) is 0. The van der Waals surface area contributed by atoms with Crippen LogP contribution in [0.3, 0.4) is 0 Å². The molecule has 0 amide bonds. The molecule has 1 aliphatic carbocycles. The molecule has 21 heavy (non-hydrogen) atoms. The van der Waals surface area contributed by atoms with Crippen molar-refractivity contribution < 1.29 is 4.52 Å². The largest absolute Gasteiger partial charge is 0.337 e. The minimum absolute atomic E-state index is 0.688. The molecule has 5 rings (SSSR count). The summed E-state index contributed by atoms with van der Waals surface area (Å²) in [6.07, 6.45) is 7.86. The molecule has 116 valence electrons. The van der Waals surface area contributed by atoms with Crippen LogP contribution in [-0.2, 0) is 6.42 Å². The summed E-state index contributed by atoms with van der Waals surface area (Å²) in [4.78, 5) is 9.66. The third-order valence-electron chi connectivity index (χ3n) is 5.59. The fourth-order valence-electron chi connectivity index (χ4n) is 4.09. The molecule has 5 heteroatoms. The predicted molar refractivity (Wildman–Crippen MR) is 81.3 cm³/mol. The Morgan fingerprint density at radius 3 is 2.76 bits per heavy atom. The average molecular weight is 290 g/mol. The summed E-state index contributed by atoms with van der Waals surface area (Å²) in [5, 5.41) is 4.18. The van der Waals surface area contributed by atoms with Gasteiger partial charge < -0.3 is 9.42 Å². The maximum absolute atomic E-state index is 5.30. The van der Waals surface area contributed by atoms with Crippen LogP contribution < -0.4 is 4.90 Å². The number of piperidine rings is 1. The molecule has 1 aromatic heterocycles. The van der Waals surface area contributed by atoms with Crippen molar-refractivity contribution in [2.75, 3.05) is 31.1 Å². The van der Waals surface area contributed by atoms with Gasteiger partial charge in [-0.05, 0) is 42.7 Å². The molecule has 1 aromatic rings. The average Bonchev–Trinajstić information content (AvgIpc) is 2.76. The first-order valence-electron chi connectivity index (χ1n) is 8.63. The molecule has 0 unspecified atom stereocenters. The lowest BCUT2D eigenvalue weighted by Gasteiger charge is -2.40. The third kappa shape index (κ3) is 2.68. The van der Waals surface area contributed by atoms with E-state index < -0.39 is 0 Å². The summed E-state index contributed by atoms with van der Waals surface area (Å²) < 4.78 is 5.30. The molecule has 0 spiro atoms. The maximum atomic E-state index is 5.30. The highest BCUT2D eigenvalue weighted by molar-refractivity contribution is 5.29. The molecule has 0 radical (unpaired) electrons. The SMILES string of the molecule is CCc1nc(N2C[C@H]3CC[C@@H](C2)N(CC2CCC2)C3)no1. The number of hydrogen-bond donors (Lipinski definition) is 0. The van der Waals surface area contributed by atoms with Crippen molar-refractivity contribution in [3.05, 3.63) is 5.89 Å². The van der Waals surface area contributed by atoms with Crippen molar-refractivity contribution in [3.63, 3.8) is 0 Å². The van der Waals surface area contributed by atoms with Crippen molar-refractivity contribution in [3.8, 4) is 0 Å². The number of nitrogens with zero attached hydrogens (tertiary/aromatic N) is 4. The number of aryl methyl sites for hydroxylation is 1. The number of anilines is 1. The molecule has 2 atom stereocenters. The van der Waals surface area contributed by atoms with Crippen molar-refractivity contribution in [1.29, 1.82) is 0 Å². The van der Waals surface area contributed by atoms with Gasteiger partial charge in [-0.1, -0.05) is 13.3 Å². The highest BCUT2D eigenvalue weighted by atomic mass is 16.5. The van der Waals surface area contributed by atoms with Crippen LogP contribution in [0.15, 0.2) is 4.52 Å². The molecule has 1 saturated carbocycles. The molecular formula is C16H26N4O. The lowest BCUT2D eigenvalue weighted by atomic mass is 9.83. The Labute approximate surface area is 126 Å². The first-order valence-corrected chi connectivity index (χ1v) is 8.63.